The van der Waals surface area contributed by atoms with E-state index in [9.17, 15) is 4.39 Å². The summed E-state index contributed by atoms with van der Waals surface area (Å²) in [6, 6.07) is 9.28. The summed E-state index contributed by atoms with van der Waals surface area (Å²) in [5, 5.41) is 3.84. The van der Waals surface area contributed by atoms with E-state index in [0.717, 1.165) is 15.7 Å². The highest BCUT2D eigenvalue weighted by atomic mass is 35.5. The second kappa shape index (κ2) is 6.89. The molecular weight excluding hydrogens is 283 g/mol. The van der Waals surface area contributed by atoms with Gasteiger partial charge in [-0.25, -0.2) is 4.39 Å². The van der Waals surface area contributed by atoms with E-state index >= 15 is 0 Å². The maximum absolute atomic E-state index is 13.7. The number of thioether (sulfide) groups is 1. The number of nitrogens with zero attached hydrogens (tertiary/aromatic N) is 1. The molecule has 0 bridgehead atoms. The highest BCUT2D eigenvalue weighted by molar-refractivity contribution is 7.99. The molecule has 0 radical (unpaired) electrons. The molecule has 2 nitrogen and oxygen atoms in total. The molecule has 2 rings (SSSR count). The predicted octanol–water partition coefficient (Wildman–Crippen LogP) is 3.93. The molecule has 1 aromatic heterocycles. The Morgan fingerprint density at radius 1 is 1.32 bits per heavy atom. The molecule has 0 spiro atoms. The molecule has 0 aliphatic carbocycles. The van der Waals surface area contributed by atoms with Gasteiger partial charge in [0, 0.05) is 33.5 Å². The summed E-state index contributed by atoms with van der Waals surface area (Å²) < 4.78 is 13.7. The van der Waals surface area contributed by atoms with Crippen LogP contribution in [0.4, 0.5) is 4.39 Å². The second-order valence-corrected chi connectivity index (χ2v) is 5.53. The van der Waals surface area contributed by atoms with Crippen molar-refractivity contribution in [3.63, 3.8) is 0 Å². The lowest BCUT2D eigenvalue weighted by Gasteiger charge is -2.16. The number of halogens is 2. The van der Waals surface area contributed by atoms with Gasteiger partial charge in [-0.2, -0.15) is 0 Å². The highest BCUT2D eigenvalue weighted by Crippen LogP contribution is 2.26. The third-order valence-electron chi connectivity index (χ3n) is 2.76. The van der Waals surface area contributed by atoms with E-state index in [1.807, 2.05) is 31.3 Å². The molecule has 2 aromatic rings. The summed E-state index contributed by atoms with van der Waals surface area (Å²) >= 11 is 7.50. The average molecular weight is 297 g/mol. The van der Waals surface area contributed by atoms with Crippen molar-refractivity contribution in [3.8, 4) is 0 Å². The fourth-order valence-electron chi connectivity index (χ4n) is 1.71. The van der Waals surface area contributed by atoms with Gasteiger partial charge in [-0.1, -0.05) is 11.6 Å². The van der Waals surface area contributed by atoms with E-state index in [4.69, 9.17) is 11.6 Å². The van der Waals surface area contributed by atoms with Gasteiger partial charge in [-0.05, 0) is 37.4 Å². The Bertz CT molecular complexity index is 533. The van der Waals surface area contributed by atoms with Crippen molar-refractivity contribution in [2.24, 2.45) is 0 Å². The van der Waals surface area contributed by atoms with Crippen molar-refractivity contribution in [2.75, 3.05) is 12.8 Å². The topological polar surface area (TPSA) is 24.9 Å². The Hall–Kier alpha value is -1.10. The normalized spacial score (nSPS) is 12.4. The molecule has 1 atom stereocenters. The van der Waals surface area contributed by atoms with Crippen molar-refractivity contribution in [3.05, 3.63) is 59.1 Å². The summed E-state index contributed by atoms with van der Waals surface area (Å²) in [4.78, 5) is 4.88. The summed E-state index contributed by atoms with van der Waals surface area (Å²) in [5.41, 5.74) is 0.638. The smallest absolute Gasteiger partial charge is 0.146 e. The summed E-state index contributed by atoms with van der Waals surface area (Å²) in [6.45, 7) is 0. The quantitative estimate of drug-likeness (QED) is 0.846. The molecule has 5 heteroatoms. The van der Waals surface area contributed by atoms with Crippen LogP contribution in [0, 0.1) is 5.82 Å². The van der Waals surface area contributed by atoms with Crippen LogP contribution in [0.25, 0.3) is 0 Å². The Kier molecular flexibility index (Phi) is 5.19. The van der Waals surface area contributed by atoms with Crippen molar-refractivity contribution in [1.82, 2.24) is 10.3 Å². The first-order valence-corrected chi connectivity index (χ1v) is 7.22. The molecule has 1 N–H and O–H groups in total. The molecule has 1 unspecified atom stereocenters. The molecule has 1 aromatic carbocycles. The summed E-state index contributed by atoms with van der Waals surface area (Å²) in [6.07, 6.45) is 2.85. The minimum Gasteiger partial charge on any atom is -0.312 e. The van der Waals surface area contributed by atoms with Crippen LogP contribution in [0.5, 0.6) is 0 Å². The van der Waals surface area contributed by atoms with E-state index in [0.29, 0.717) is 5.56 Å². The Labute approximate surface area is 121 Å². The first-order chi connectivity index (χ1) is 9.20. The van der Waals surface area contributed by atoms with Crippen LogP contribution in [0.15, 0.2) is 47.6 Å². The lowest BCUT2D eigenvalue weighted by atomic mass is 10.1. The van der Waals surface area contributed by atoms with Crippen LogP contribution in [-0.4, -0.2) is 17.8 Å². The first kappa shape index (κ1) is 14.3. The van der Waals surface area contributed by atoms with Gasteiger partial charge in [0.25, 0.3) is 0 Å². The zero-order chi connectivity index (χ0) is 13.7. The third kappa shape index (κ3) is 3.93. The average Bonchev–Trinajstić information content (AvgIpc) is 2.43. The highest BCUT2D eigenvalue weighted by Gasteiger charge is 2.14. The van der Waals surface area contributed by atoms with E-state index in [1.165, 1.54) is 6.20 Å². The molecule has 100 valence electrons. The van der Waals surface area contributed by atoms with Crippen LogP contribution in [0.3, 0.4) is 0 Å². The van der Waals surface area contributed by atoms with Gasteiger partial charge in [0.15, 0.2) is 0 Å². The fraction of sp³-hybridized carbons (Fsp3) is 0.214. The molecule has 19 heavy (non-hydrogen) atoms. The summed E-state index contributed by atoms with van der Waals surface area (Å²) in [5.74, 6) is 0.456. The molecule has 0 fully saturated rings. The van der Waals surface area contributed by atoms with Crippen LogP contribution < -0.4 is 5.32 Å². The first-order valence-electron chi connectivity index (χ1n) is 5.85. The lowest BCUT2D eigenvalue weighted by molar-refractivity contribution is 0.560. The number of hydrogen-bond donors (Lipinski definition) is 1. The number of benzene rings is 1. The molecule has 0 amide bonds. The predicted molar refractivity (Wildman–Crippen MR) is 78.2 cm³/mol. The molecule has 1 heterocycles. The minimum atomic E-state index is -0.279. The number of hydrogen-bond acceptors (Lipinski definition) is 3. The maximum Gasteiger partial charge on any atom is 0.146 e. The van der Waals surface area contributed by atoms with Crippen LogP contribution in [-0.2, 0) is 0 Å². The van der Waals surface area contributed by atoms with Gasteiger partial charge in [-0.15, -0.1) is 11.8 Å². The largest absolute Gasteiger partial charge is 0.312 e. The number of nitrogens with one attached hydrogen (secondary N) is 1. The van der Waals surface area contributed by atoms with Gasteiger partial charge in [0.2, 0.25) is 0 Å². The molecule has 0 aliphatic rings. The van der Waals surface area contributed by atoms with Crippen molar-refractivity contribution in [2.45, 2.75) is 10.9 Å². The van der Waals surface area contributed by atoms with Gasteiger partial charge < -0.3 is 5.32 Å². The zero-order valence-electron chi connectivity index (χ0n) is 10.4. The number of pyridine rings is 1. The standard InChI is InChI=1S/C14H14ClFN2S/c1-17-14(12-6-7-18-8-13(12)16)9-19-11-4-2-10(15)3-5-11/h2-8,14,17H,9H2,1H3. The molecular formula is C14H14ClFN2S. The van der Waals surface area contributed by atoms with Gasteiger partial charge in [0.05, 0.1) is 6.20 Å². The van der Waals surface area contributed by atoms with Crippen LogP contribution >= 0.6 is 23.4 Å². The molecule has 0 aliphatic heterocycles. The maximum atomic E-state index is 13.7. The second-order valence-electron chi connectivity index (χ2n) is 4.00. The third-order valence-corrected chi connectivity index (χ3v) is 4.12. The van der Waals surface area contributed by atoms with Gasteiger partial charge in [0.1, 0.15) is 5.82 Å². The van der Waals surface area contributed by atoms with E-state index in [2.05, 4.69) is 10.3 Å². The zero-order valence-corrected chi connectivity index (χ0v) is 12.0. The lowest BCUT2D eigenvalue weighted by Crippen LogP contribution is -2.20. The van der Waals surface area contributed by atoms with Crippen LogP contribution in [0.1, 0.15) is 11.6 Å². The number of rotatable bonds is 5. The van der Waals surface area contributed by atoms with Crippen LogP contribution in [0.2, 0.25) is 5.02 Å². The fourth-order valence-corrected chi connectivity index (χ4v) is 2.87. The SMILES string of the molecule is CNC(CSc1ccc(Cl)cc1)c1ccncc1F. The summed E-state index contributed by atoms with van der Waals surface area (Å²) in [7, 11) is 1.83. The van der Waals surface area contributed by atoms with Crippen molar-refractivity contribution < 1.29 is 4.39 Å². The van der Waals surface area contributed by atoms with Gasteiger partial charge in [-0.3, -0.25) is 4.98 Å². The van der Waals surface area contributed by atoms with Gasteiger partial charge >= 0.3 is 0 Å². The Morgan fingerprint density at radius 3 is 2.68 bits per heavy atom. The van der Waals surface area contributed by atoms with Crippen molar-refractivity contribution >= 4 is 23.4 Å². The van der Waals surface area contributed by atoms with E-state index in [1.54, 1.807) is 24.0 Å². The monoisotopic (exact) mass is 296 g/mol. The molecule has 0 saturated carbocycles. The van der Waals surface area contributed by atoms with E-state index < -0.39 is 0 Å². The minimum absolute atomic E-state index is 0.0521. The number of aromatic nitrogens is 1. The Balaban J connectivity index is 2.04. The Morgan fingerprint density at radius 2 is 2.05 bits per heavy atom. The molecule has 0 saturated heterocycles. The van der Waals surface area contributed by atoms with E-state index in [-0.39, 0.29) is 11.9 Å². The van der Waals surface area contributed by atoms with Crippen molar-refractivity contribution in [1.29, 1.82) is 0 Å².